The number of ketones is 1. The van der Waals surface area contributed by atoms with Gasteiger partial charge in [0.1, 0.15) is 5.75 Å². The van der Waals surface area contributed by atoms with E-state index in [9.17, 15) is 9.90 Å². The summed E-state index contributed by atoms with van der Waals surface area (Å²) in [5, 5.41) is 12.7. The maximum atomic E-state index is 12.5. The summed E-state index contributed by atoms with van der Waals surface area (Å²) in [6, 6.07) is 20.9. The lowest BCUT2D eigenvalue weighted by molar-refractivity contribution is 0.0993. The topological polar surface area (TPSA) is 49.3 Å². The largest absolute Gasteiger partial charge is 0.508 e. The summed E-state index contributed by atoms with van der Waals surface area (Å²) in [5.74, 6) is 0.284. The number of hydrogen-bond donors (Lipinski definition) is 2. The van der Waals surface area contributed by atoms with Gasteiger partial charge < -0.3 is 10.4 Å². The number of aromatic hydroxyl groups is 1. The number of carbonyl (C=O) groups excluding carboxylic acids is 1. The molecular weight excluding hydrogens is 298 g/mol. The lowest BCUT2D eigenvalue weighted by Crippen LogP contribution is -2.09. The van der Waals surface area contributed by atoms with Crippen molar-refractivity contribution in [3.63, 3.8) is 0 Å². The van der Waals surface area contributed by atoms with Crippen molar-refractivity contribution in [2.45, 2.75) is 12.8 Å². The minimum absolute atomic E-state index is 0.0733. The van der Waals surface area contributed by atoms with E-state index in [0.29, 0.717) is 12.0 Å². The molecule has 1 aliphatic rings. The first-order valence-electron chi connectivity index (χ1n) is 7.98. The van der Waals surface area contributed by atoms with E-state index >= 15 is 0 Å². The Morgan fingerprint density at radius 2 is 1.67 bits per heavy atom. The third-order valence-electron chi connectivity index (χ3n) is 4.40. The number of anilines is 2. The SMILES string of the molecule is O=C(Cc1ccc(O)cc1)c1ccc2c(c1)Nc1ccccc1C2. The smallest absolute Gasteiger partial charge is 0.167 e. The normalized spacial score (nSPS) is 12.0. The monoisotopic (exact) mass is 315 g/mol. The minimum Gasteiger partial charge on any atom is -0.508 e. The Morgan fingerprint density at radius 3 is 2.50 bits per heavy atom. The molecule has 0 amide bonds. The Labute approximate surface area is 140 Å². The highest BCUT2D eigenvalue weighted by Crippen LogP contribution is 2.33. The molecule has 0 saturated heterocycles. The van der Waals surface area contributed by atoms with Crippen LogP contribution in [0.1, 0.15) is 27.0 Å². The molecule has 0 bridgehead atoms. The number of benzene rings is 3. The molecule has 0 spiro atoms. The van der Waals surface area contributed by atoms with Crippen LogP contribution in [0.4, 0.5) is 11.4 Å². The van der Waals surface area contributed by atoms with Crippen molar-refractivity contribution in [2.75, 3.05) is 5.32 Å². The second kappa shape index (κ2) is 5.85. The summed E-state index contributed by atoms with van der Waals surface area (Å²) in [6.07, 6.45) is 1.21. The molecule has 3 heteroatoms. The van der Waals surface area contributed by atoms with Crippen molar-refractivity contribution in [1.29, 1.82) is 0 Å². The minimum atomic E-state index is 0.0733. The standard InChI is InChI=1S/C21H17NO2/c23-18-9-5-14(6-10-18)11-21(24)17-8-7-16-12-15-3-1-2-4-19(15)22-20(16)13-17/h1-10,13,22-23H,11-12H2. The summed E-state index contributed by atoms with van der Waals surface area (Å²) in [5.41, 5.74) is 6.18. The number of para-hydroxylation sites is 1. The molecule has 0 unspecified atom stereocenters. The van der Waals surface area contributed by atoms with Crippen molar-refractivity contribution in [3.05, 3.63) is 89.0 Å². The lowest BCUT2D eigenvalue weighted by Gasteiger charge is -2.21. The van der Waals surface area contributed by atoms with Crippen LogP contribution in [-0.2, 0) is 12.8 Å². The molecule has 3 aromatic carbocycles. The zero-order chi connectivity index (χ0) is 16.5. The molecule has 0 aromatic heterocycles. The van der Waals surface area contributed by atoms with Gasteiger partial charge in [0, 0.05) is 29.8 Å². The Balaban J connectivity index is 1.57. The molecule has 0 radical (unpaired) electrons. The Kier molecular flexibility index (Phi) is 3.54. The van der Waals surface area contributed by atoms with Gasteiger partial charge in [-0.25, -0.2) is 0 Å². The molecule has 4 rings (SSSR count). The fraction of sp³-hybridized carbons (Fsp3) is 0.0952. The highest BCUT2D eigenvalue weighted by molar-refractivity contribution is 5.98. The van der Waals surface area contributed by atoms with Gasteiger partial charge in [0.25, 0.3) is 0 Å². The number of rotatable bonds is 3. The van der Waals surface area contributed by atoms with Crippen LogP contribution in [0.2, 0.25) is 0 Å². The molecule has 24 heavy (non-hydrogen) atoms. The van der Waals surface area contributed by atoms with Gasteiger partial charge >= 0.3 is 0 Å². The lowest BCUT2D eigenvalue weighted by atomic mass is 9.94. The Hall–Kier alpha value is -3.07. The third kappa shape index (κ3) is 2.76. The number of phenolic OH excluding ortho intramolecular Hbond substituents is 1. The van der Waals surface area contributed by atoms with Gasteiger partial charge in [-0.1, -0.05) is 42.5 Å². The summed E-state index contributed by atoms with van der Waals surface area (Å²) in [7, 11) is 0. The molecule has 0 atom stereocenters. The number of nitrogens with one attached hydrogen (secondary N) is 1. The van der Waals surface area contributed by atoms with Crippen LogP contribution < -0.4 is 5.32 Å². The molecule has 0 saturated carbocycles. The van der Waals surface area contributed by atoms with Crippen LogP contribution in [0.15, 0.2) is 66.7 Å². The molecule has 0 aliphatic carbocycles. The molecule has 2 N–H and O–H groups in total. The summed E-state index contributed by atoms with van der Waals surface area (Å²) < 4.78 is 0. The predicted molar refractivity (Wildman–Crippen MR) is 95.1 cm³/mol. The first-order chi connectivity index (χ1) is 11.7. The van der Waals surface area contributed by atoms with Crippen LogP contribution >= 0.6 is 0 Å². The molecule has 118 valence electrons. The van der Waals surface area contributed by atoms with Gasteiger partial charge in [0.05, 0.1) is 0 Å². The van der Waals surface area contributed by atoms with Crippen molar-refractivity contribution in [3.8, 4) is 5.75 Å². The number of hydrogen-bond acceptors (Lipinski definition) is 3. The van der Waals surface area contributed by atoms with E-state index in [0.717, 1.165) is 23.4 Å². The van der Waals surface area contributed by atoms with E-state index < -0.39 is 0 Å². The third-order valence-corrected chi connectivity index (χ3v) is 4.40. The van der Waals surface area contributed by atoms with Crippen molar-refractivity contribution in [1.82, 2.24) is 0 Å². The van der Waals surface area contributed by atoms with E-state index in [1.165, 1.54) is 11.1 Å². The maximum Gasteiger partial charge on any atom is 0.167 e. The number of carbonyl (C=O) groups is 1. The van der Waals surface area contributed by atoms with Crippen molar-refractivity contribution < 1.29 is 9.90 Å². The second-order valence-electron chi connectivity index (χ2n) is 6.10. The second-order valence-corrected chi connectivity index (χ2v) is 6.10. The first kappa shape index (κ1) is 14.5. The molecule has 1 heterocycles. The number of Topliss-reactive ketones (excluding diaryl/α,β-unsaturated/α-hetero) is 1. The highest BCUT2D eigenvalue weighted by atomic mass is 16.3. The molecule has 3 nitrogen and oxygen atoms in total. The zero-order valence-electron chi connectivity index (χ0n) is 13.1. The van der Waals surface area contributed by atoms with Crippen molar-refractivity contribution in [2.24, 2.45) is 0 Å². The van der Waals surface area contributed by atoms with Crippen LogP contribution in [0.25, 0.3) is 0 Å². The van der Waals surface area contributed by atoms with Gasteiger partial charge in [-0.15, -0.1) is 0 Å². The molecular formula is C21H17NO2. The van der Waals surface area contributed by atoms with Crippen LogP contribution in [0.3, 0.4) is 0 Å². The van der Waals surface area contributed by atoms with E-state index in [1.54, 1.807) is 24.3 Å². The predicted octanol–water partition coefficient (Wildman–Crippen LogP) is 4.47. The highest BCUT2D eigenvalue weighted by Gasteiger charge is 2.16. The van der Waals surface area contributed by atoms with Crippen LogP contribution in [-0.4, -0.2) is 10.9 Å². The summed E-state index contributed by atoms with van der Waals surface area (Å²) in [4.78, 5) is 12.5. The van der Waals surface area contributed by atoms with Crippen LogP contribution in [0, 0.1) is 0 Å². The van der Waals surface area contributed by atoms with Gasteiger partial charge in [0.2, 0.25) is 0 Å². The van der Waals surface area contributed by atoms with E-state index in [-0.39, 0.29) is 11.5 Å². The number of fused-ring (bicyclic) bond motifs is 2. The average Bonchev–Trinajstić information content (AvgIpc) is 2.61. The van der Waals surface area contributed by atoms with Crippen molar-refractivity contribution >= 4 is 17.2 Å². The molecule has 0 fully saturated rings. The quantitative estimate of drug-likeness (QED) is 0.549. The van der Waals surface area contributed by atoms with Gasteiger partial charge in [-0.2, -0.15) is 0 Å². The van der Waals surface area contributed by atoms with Gasteiger partial charge in [0.15, 0.2) is 5.78 Å². The van der Waals surface area contributed by atoms with E-state index in [1.807, 2.05) is 30.3 Å². The van der Waals surface area contributed by atoms with Gasteiger partial charge in [-0.3, -0.25) is 4.79 Å². The average molecular weight is 315 g/mol. The zero-order valence-corrected chi connectivity index (χ0v) is 13.1. The Morgan fingerprint density at radius 1 is 0.917 bits per heavy atom. The van der Waals surface area contributed by atoms with Gasteiger partial charge in [-0.05, 0) is 41.0 Å². The fourth-order valence-electron chi connectivity index (χ4n) is 3.07. The van der Waals surface area contributed by atoms with E-state index in [2.05, 4.69) is 17.4 Å². The first-order valence-corrected chi connectivity index (χ1v) is 7.98. The maximum absolute atomic E-state index is 12.5. The fourth-order valence-corrected chi connectivity index (χ4v) is 3.07. The Bertz CT molecular complexity index is 913. The van der Waals surface area contributed by atoms with Crippen LogP contribution in [0.5, 0.6) is 5.75 Å². The van der Waals surface area contributed by atoms with E-state index in [4.69, 9.17) is 0 Å². The number of phenols is 1. The molecule has 1 aliphatic heterocycles. The summed E-state index contributed by atoms with van der Waals surface area (Å²) >= 11 is 0. The molecule has 3 aromatic rings. The summed E-state index contributed by atoms with van der Waals surface area (Å²) in [6.45, 7) is 0.